The molecule has 34 heavy (non-hydrogen) atoms. The number of barbiturate groups is 1. The monoisotopic (exact) mass is 458 g/mol. The van der Waals surface area contributed by atoms with Crippen molar-refractivity contribution in [2.75, 3.05) is 19.1 Å². The Labute approximate surface area is 196 Å². The summed E-state index contributed by atoms with van der Waals surface area (Å²) in [5.41, 5.74) is 1.54. The van der Waals surface area contributed by atoms with E-state index in [1.807, 2.05) is 30.3 Å². The molecule has 4 amide bonds. The number of urea groups is 1. The van der Waals surface area contributed by atoms with Crippen LogP contribution in [0, 0.1) is 0 Å². The summed E-state index contributed by atoms with van der Waals surface area (Å²) in [6, 6.07) is 20.2. The van der Waals surface area contributed by atoms with Crippen molar-refractivity contribution in [1.82, 2.24) is 5.32 Å². The van der Waals surface area contributed by atoms with Crippen LogP contribution < -0.4 is 24.4 Å². The Kier molecular flexibility index (Phi) is 6.59. The summed E-state index contributed by atoms with van der Waals surface area (Å²) in [6.45, 7) is 0.279. The van der Waals surface area contributed by atoms with Gasteiger partial charge >= 0.3 is 6.03 Å². The van der Waals surface area contributed by atoms with E-state index in [1.165, 1.54) is 20.3 Å². The molecule has 1 fully saturated rings. The summed E-state index contributed by atoms with van der Waals surface area (Å²) < 4.78 is 16.4. The summed E-state index contributed by atoms with van der Waals surface area (Å²) in [4.78, 5) is 39.1. The fraction of sp³-hybridized carbons (Fsp3) is 0.115. The van der Waals surface area contributed by atoms with Gasteiger partial charge in [-0.3, -0.25) is 14.9 Å². The lowest BCUT2D eigenvalue weighted by atomic mass is 10.1. The second-order valence-electron chi connectivity index (χ2n) is 7.33. The number of anilines is 1. The lowest BCUT2D eigenvalue weighted by molar-refractivity contribution is -0.122. The van der Waals surface area contributed by atoms with Crippen LogP contribution in [0.2, 0.25) is 0 Å². The molecule has 1 saturated heterocycles. The number of amides is 4. The zero-order valence-corrected chi connectivity index (χ0v) is 18.6. The largest absolute Gasteiger partial charge is 0.497 e. The van der Waals surface area contributed by atoms with Gasteiger partial charge in [-0.1, -0.05) is 30.3 Å². The second kappa shape index (κ2) is 9.91. The molecule has 1 aliphatic heterocycles. The first-order chi connectivity index (χ1) is 16.5. The van der Waals surface area contributed by atoms with Crippen molar-refractivity contribution in [3.8, 4) is 17.2 Å². The molecular formula is C26H22N2O6. The number of nitrogens with one attached hydrogen (secondary N) is 1. The molecule has 0 aromatic heterocycles. The highest BCUT2D eigenvalue weighted by Crippen LogP contribution is 2.30. The predicted molar refractivity (Wildman–Crippen MR) is 126 cm³/mol. The molecule has 4 rings (SSSR count). The zero-order valence-electron chi connectivity index (χ0n) is 18.6. The lowest BCUT2D eigenvalue weighted by Crippen LogP contribution is -2.54. The van der Waals surface area contributed by atoms with Gasteiger partial charge in [-0.2, -0.15) is 0 Å². The number of rotatable bonds is 7. The van der Waals surface area contributed by atoms with Crippen LogP contribution in [-0.2, 0) is 16.2 Å². The number of methoxy groups -OCH3 is 2. The Hall–Kier alpha value is -4.59. The van der Waals surface area contributed by atoms with E-state index < -0.39 is 17.8 Å². The molecule has 0 bridgehead atoms. The lowest BCUT2D eigenvalue weighted by Gasteiger charge is -2.26. The molecule has 0 atom stereocenters. The van der Waals surface area contributed by atoms with Crippen molar-refractivity contribution in [1.29, 1.82) is 0 Å². The summed E-state index contributed by atoms with van der Waals surface area (Å²) in [5, 5.41) is 2.22. The Morgan fingerprint density at radius 2 is 1.53 bits per heavy atom. The minimum absolute atomic E-state index is 0.204. The minimum Gasteiger partial charge on any atom is -0.497 e. The van der Waals surface area contributed by atoms with E-state index in [-0.39, 0.29) is 12.2 Å². The van der Waals surface area contributed by atoms with Gasteiger partial charge in [0.15, 0.2) is 0 Å². The van der Waals surface area contributed by atoms with Gasteiger partial charge in [0.05, 0.1) is 19.9 Å². The molecule has 0 spiro atoms. The number of carbonyl (C=O) groups is 3. The smallest absolute Gasteiger partial charge is 0.335 e. The third-order valence-electron chi connectivity index (χ3n) is 5.19. The fourth-order valence-corrected chi connectivity index (χ4v) is 3.40. The van der Waals surface area contributed by atoms with Crippen molar-refractivity contribution >= 4 is 29.6 Å². The van der Waals surface area contributed by atoms with Gasteiger partial charge in [-0.25, -0.2) is 9.69 Å². The maximum Gasteiger partial charge on any atom is 0.335 e. The molecule has 3 aromatic rings. The topological polar surface area (TPSA) is 94.2 Å². The molecule has 0 radical (unpaired) electrons. The first kappa shape index (κ1) is 22.6. The van der Waals surface area contributed by atoms with Crippen molar-refractivity contribution in [3.05, 3.63) is 89.5 Å². The van der Waals surface area contributed by atoms with Gasteiger partial charge in [-0.05, 0) is 48.0 Å². The van der Waals surface area contributed by atoms with E-state index in [4.69, 9.17) is 14.2 Å². The SMILES string of the molecule is COc1ccc(N2C(=O)NC(=O)/C(=C\c3ccc(OC)cc3OCc3ccccc3)C2=O)cc1. The number of hydrogen-bond acceptors (Lipinski definition) is 6. The average molecular weight is 458 g/mol. The number of carbonyl (C=O) groups excluding carboxylic acids is 3. The van der Waals surface area contributed by atoms with Crippen LogP contribution in [-0.4, -0.2) is 32.1 Å². The third-order valence-corrected chi connectivity index (χ3v) is 5.19. The Balaban J connectivity index is 1.67. The molecule has 0 saturated carbocycles. The van der Waals surface area contributed by atoms with Gasteiger partial charge < -0.3 is 14.2 Å². The molecule has 1 aliphatic rings. The summed E-state index contributed by atoms with van der Waals surface area (Å²) in [7, 11) is 3.05. The molecule has 1 N–H and O–H groups in total. The fourth-order valence-electron chi connectivity index (χ4n) is 3.40. The van der Waals surface area contributed by atoms with Crippen molar-refractivity contribution in [3.63, 3.8) is 0 Å². The normalized spacial score (nSPS) is 14.7. The highest BCUT2D eigenvalue weighted by atomic mass is 16.5. The molecule has 8 nitrogen and oxygen atoms in total. The highest BCUT2D eigenvalue weighted by molar-refractivity contribution is 6.39. The van der Waals surface area contributed by atoms with Crippen LogP contribution in [0.4, 0.5) is 10.5 Å². The molecule has 8 heteroatoms. The molecule has 1 heterocycles. The van der Waals surface area contributed by atoms with E-state index in [9.17, 15) is 14.4 Å². The van der Waals surface area contributed by atoms with Gasteiger partial charge in [0.25, 0.3) is 11.8 Å². The predicted octanol–water partition coefficient (Wildman–Crippen LogP) is 3.95. The molecule has 3 aromatic carbocycles. The summed E-state index contributed by atoms with van der Waals surface area (Å²) in [5.74, 6) is 0.0103. The number of benzene rings is 3. The first-order valence-electron chi connectivity index (χ1n) is 10.4. The van der Waals surface area contributed by atoms with Crippen LogP contribution in [0.15, 0.2) is 78.4 Å². The van der Waals surface area contributed by atoms with Crippen LogP contribution in [0.5, 0.6) is 17.2 Å². The maximum absolute atomic E-state index is 13.2. The minimum atomic E-state index is -0.826. The van der Waals surface area contributed by atoms with Crippen LogP contribution >= 0.6 is 0 Å². The second-order valence-corrected chi connectivity index (χ2v) is 7.33. The van der Waals surface area contributed by atoms with Gasteiger partial charge in [-0.15, -0.1) is 0 Å². The van der Waals surface area contributed by atoms with Crippen molar-refractivity contribution in [2.24, 2.45) is 0 Å². The molecule has 0 aliphatic carbocycles. The van der Waals surface area contributed by atoms with E-state index in [2.05, 4.69) is 5.32 Å². The summed E-state index contributed by atoms with van der Waals surface area (Å²) in [6.07, 6.45) is 1.40. The van der Waals surface area contributed by atoms with Crippen LogP contribution in [0.1, 0.15) is 11.1 Å². The van der Waals surface area contributed by atoms with Crippen molar-refractivity contribution in [2.45, 2.75) is 6.61 Å². The highest BCUT2D eigenvalue weighted by Gasteiger charge is 2.37. The Bertz CT molecular complexity index is 1250. The van der Waals surface area contributed by atoms with E-state index in [1.54, 1.807) is 42.5 Å². The third kappa shape index (κ3) is 4.75. The average Bonchev–Trinajstić information content (AvgIpc) is 2.86. The van der Waals surface area contributed by atoms with Crippen molar-refractivity contribution < 1.29 is 28.6 Å². The van der Waals surface area contributed by atoms with Crippen LogP contribution in [0.25, 0.3) is 6.08 Å². The number of nitrogens with zero attached hydrogens (tertiary/aromatic N) is 1. The quantitative estimate of drug-likeness (QED) is 0.426. The van der Waals surface area contributed by atoms with E-state index in [0.29, 0.717) is 28.5 Å². The number of imide groups is 2. The first-order valence-corrected chi connectivity index (χ1v) is 10.4. The van der Waals surface area contributed by atoms with Gasteiger partial charge in [0, 0.05) is 11.6 Å². The Morgan fingerprint density at radius 3 is 2.21 bits per heavy atom. The van der Waals surface area contributed by atoms with Gasteiger partial charge in [0.2, 0.25) is 0 Å². The van der Waals surface area contributed by atoms with E-state index in [0.717, 1.165) is 10.5 Å². The number of hydrogen-bond donors (Lipinski definition) is 1. The number of ether oxygens (including phenoxy) is 3. The Morgan fingerprint density at radius 1 is 0.853 bits per heavy atom. The zero-order chi connectivity index (χ0) is 24.1. The van der Waals surface area contributed by atoms with E-state index >= 15 is 0 Å². The van der Waals surface area contributed by atoms with Crippen LogP contribution in [0.3, 0.4) is 0 Å². The maximum atomic E-state index is 13.2. The summed E-state index contributed by atoms with van der Waals surface area (Å²) >= 11 is 0. The molecular weight excluding hydrogens is 436 g/mol. The van der Waals surface area contributed by atoms with Gasteiger partial charge in [0.1, 0.15) is 29.4 Å². The molecule has 0 unspecified atom stereocenters. The molecule has 172 valence electrons. The standard InChI is InChI=1S/C26H22N2O6/c1-32-20-12-9-19(10-13-20)28-25(30)22(24(29)27-26(28)31)14-18-8-11-21(33-2)15-23(18)34-16-17-6-4-3-5-7-17/h3-15H,16H2,1-2H3,(H,27,29,31)/b22-14+.